The molecule has 0 radical (unpaired) electrons. The molecule has 0 heterocycles. The van der Waals surface area contributed by atoms with Crippen LogP contribution in [0.5, 0.6) is 0 Å². The minimum atomic E-state index is -0.727. The Hall–Kier alpha value is -2.75. The monoisotopic (exact) mass is 391 g/mol. The lowest BCUT2D eigenvalue weighted by Crippen LogP contribution is -2.36. The zero-order valence-electron chi connectivity index (χ0n) is 16.8. The van der Waals surface area contributed by atoms with E-state index in [0.717, 1.165) is 31.3 Å². The predicted octanol–water partition coefficient (Wildman–Crippen LogP) is 3.05. The Kier molecular flexibility index (Phi) is 11.2. The molecule has 1 aliphatic carbocycles. The highest BCUT2D eigenvalue weighted by molar-refractivity contribution is 5.88. The number of alkyl carbamates (subject to hydrolysis) is 1. The van der Waals surface area contributed by atoms with E-state index in [1.54, 1.807) is 19.9 Å². The molecule has 1 N–H and O–H groups in total. The molecule has 0 bridgehead atoms. The number of unbranched alkanes of at least 4 members (excludes halogenated alkanes) is 1. The molecule has 0 aromatic rings. The third kappa shape index (κ3) is 10.4. The van der Waals surface area contributed by atoms with Gasteiger partial charge in [0.25, 0.3) is 0 Å². The number of hydrogen-bond acceptors (Lipinski definition) is 6. The molecule has 0 unspecified atom stereocenters. The summed E-state index contributed by atoms with van der Waals surface area (Å²) < 4.78 is 14.9. The molecule has 154 valence electrons. The molecule has 0 saturated heterocycles. The molecule has 0 fully saturated rings. The molecule has 1 aliphatic rings. The number of allylic oxidation sites excluding steroid dienone is 2. The van der Waals surface area contributed by atoms with E-state index in [2.05, 4.69) is 17.2 Å². The molecule has 0 aromatic carbocycles. The van der Waals surface area contributed by atoms with Gasteiger partial charge in [-0.1, -0.05) is 25.5 Å². The fourth-order valence-corrected chi connectivity index (χ4v) is 2.46. The van der Waals surface area contributed by atoms with E-state index < -0.39 is 24.1 Å². The van der Waals surface area contributed by atoms with E-state index in [9.17, 15) is 14.4 Å². The van der Waals surface area contributed by atoms with Crippen molar-refractivity contribution in [3.05, 3.63) is 23.8 Å². The van der Waals surface area contributed by atoms with Crippen molar-refractivity contribution in [3.8, 4) is 11.8 Å². The highest BCUT2D eigenvalue weighted by Gasteiger charge is 2.17. The Bertz CT molecular complexity index is 656. The molecule has 28 heavy (non-hydrogen) atoms. The van der Waals surface area contributed by atoms with E-state index in [1.807, 2.05) is 13.0 Å². The van der Waals surface area contributed by atoms with Gasteiger partial charge in [-0.2, -0.15) is 0 Å². The maximum atomic E-state index is 11.9. The van der Waals surface area contributed by atoms with Crippen LogP contribution in [0.3, 0.4) is 0 Å². The second-order valence-corrected chi connectivity index (χ2v) is 6.29. The lowest BCUT2D eigenvalue weighted by Gasteiger charge is -2.22. The van der Waals surface area contributed by atoms with Gasteiger partial charge in [-0.3, -0.25) is 0 Å². The first-order valence-corrected chi connectivity index (χ1v) is 9.63. The van der Waals surface area contributed by atoms with Gasteiger partial charge < -0.3 is 19.5 Å². The fraction of sp³-hybridized carbons (Fsp3) is 0.571. The van der Waals surface area contributed by atoms with Gasteiger partial charge in [0.05, 0.1) is 13.2 Å². The van der Waals surface area contributed by atoms with Crippen LogP contribution >= 0.6 is 0 Å². The highest BCUT2D eigenvalue weighted by atomic mass is 16.6. The highest BCUT2D eigenvalue weighted by Crippen LogP contribution is 2.19. The van der Waals surface area contributed by atoms with Gasteiger partial charge >= 0.3 is 18.0 Å². The fourth-order valence-electron chi connectivity index (χ4n) is 2.46. The Labute approximate surface area is 166 Å². The minimum absolute atomic E-state index is 0.0248. The van der Waals surface area contributed by atoms with E-state index in [1.165, 1.54) is 6.08 Å². The third-order valence-corrected chi connectivity index (χ3v) is 3.84. The summed E-state index contributed by atoms with van der Waals surface area (Å²) in [6.45, 7) is 5.99. The Morgan fingerprint density at radius 1 is 1.32 bits per heavy atom. The molecular weight excluding hydrogens is 362 g/mol. The number of carbonyl (C=O) groups is 3. The van der Waals surface area contributed by atoms with Crippen LogP contribution in [0.2, 0.25) is 0 Å². The second kappa shape index (κ2) is 13.4. The molecule has 0 saturated carbocycles. The first kappa shape index (κ1) is 23.3. The Morgan fingerprint density at radius 3 is 2.82 bits per heavy atom. The number of ether oxygens (including phenoxy) is 3. The number of amides is 1. The van der Waals surface area contributed by atoms with Gasteiger partial charge in [-0.05, 0) is 51.0 Å². The lowest BCUT2D eigenvalue weighted by atomic mass is 9.94. The van der Waals surface area contributed by atoms with Crippen LogP contribution in [0, 0.1) is 11.8 Å². The van der Waals surface area contributed by atoms with Crippen molar-refractivity contribution in [2.75, 3.05) is 13.2 Å². The van der Waals surface area contributed by atoms with Crippen LogP contribution in [-0.2, 0) is 23.8 Å². The Balaban J connectivity index is 2.41. The van der Waals surface area contributed by atoms with Crippen molar-refractivity contribution in [3.63, 3.8) is 0 Å². The second-order valence-electron chi connectivity index (χ2n) is 6.29. The quantitative estimate of drug-likeness (QED) is 0.171. The maximum Gasteiger partial charge on any atom is 0.407 e. The van der Waals surface area contributed by atoms with Gasteiger partial charge in [0.1, 0.15) is 0 Å². The van der Waals surface area contributed by atoms with Crippen molar-refractivity contribution in [1.82, 2.24) is 5.32 Å². The van der Waals surface area contributed by atoms with Crippen molar-refractivity contribution in [1.29, 1.82) is 0 Å². The van der Waals surface area contributed by atoms with Gasteiger partial charge in [0.15, 0.2) is 6.10 Å². The minimum Gasteiger partial charge on any atom is -0.456 e. The number of hydrogen-bond donors (Lipinski definition) is 1. The van der Waals surface area contributed by atoms with Crippen molar-refractivity contribution >= 4 is 18.0 Å². The largest absolute Gasteiger partial charge is 0.456 e. The summed E-state index contributed by atoms with van der Waals surface area (Å²) >= 11 is 0. The molecule has 0 aromatic heterocycles. The molecule has 1 rings (SSSR count). The number of esters is 2. The maximum absolute atomic E-state index is 11.9. The molecule has 7 heteroatoms. The summed E-state index contributed by atoms with van der Waals surface area (Å²) in [7, 11) is 0. The third-order valence-electron chi connectivity index (χ3n) is 3.84. The molecule has 1 amide bonds. The number of nitrogens with one attached hydrogen (secondary N) is 1. The summed E-state index contributed by atoms with van der Waals surface area (Å²) in [4.78, 5) is 34.8. The van der Waals surface area contributed by atoms with Gasteiger partial charge in [-0.25, -0.2) is 14.4 Å². The molecule has 0 aliphatic heterocycles. The first-order valence-electron chi connectivity index (χ1n) is 9.63. The van der Waals surface area contributed by atoms with Gasteiger partial charge in [0.2, 0.25) is 0 Å². The standard InChI is InChI=1S/C21H29NO6/c1-4-6-14-27-19(23)12-10-16(3)28-20(24)13-11-17-8-7-9-18(15-17)22-21(25)26-5-2/h8,11,13,16,18H,4-7,9,14-15H2,1-3H3,(H,22,25)/b13-11+/t16-,18-/m1/s1. The van der Waals surface area contributed by atoms with E-state index >= 15 is 0 Å². The van der Waals surface area contributed by atoms with E-state index in [0.29, 0.717) is 19.6 Å². The zero-order chi connectivity index (χ0) is 20.8. The summed E-state index contributed by atoms with van der Waals surface area (Å²) in [6.07, 6.45) is 7.79. The van der Waals surface area contributed by atoms with Crippen molar-refractivity contribution < 1.29 is 28.6 Å². The average Bonchev–Trinajstić information content (AvgIpc) is 2.65. The van der Waals surface area contributed by atoms with Crippen LogP contribution in [-0.4, -0.2) is 43.4 Å². The molecule has 2 atom stereocenters. The van der Waals surface area contributed by atoms with Crippen LogP contribution in [0.4, 0.5) is 4.79 Å². The van der Waals surface area contributed by atoms with Gasteiger partial charge in [0, 0.05) is 18.0 Å². The summed E-state index contributed by atoms with van der Waals surface area (Å²) in [6, 6.07) is -0.0248. The lowest BCUT2D eigenvalue weighted by molar-refractivity contribution is -0.140. The first-order chi connectivity index (χ1) is 13.4. The summed E-state index contributed by atoms with van der Waals surface area (Å²) in [5.41, 5.74) is 0.934. The molecule has 0 spiro atoms. The van der Waals surface area contributed by atoms with Crippen LogP contribution in [0.15, 0.2) is 23.8 Å². The number of carbonyl (C=O) groups excluding carboxylic acids is 3. The normalized spacial score (nSPS) is 17.0. The van der Waals surface area contributed by atoms with E-state index in [4.69, 9.17) is 14.2 Å². The SMILES string of the molecule is CCCCOC(=O)C#C[C@@H](C)OC(=O)/C=C/C1=CCC[C@@H](NC(=O)OCC)C1. The summed E-state index contributed by atoms with van der Waals surface area (Å²) in [5, 5.41) is 2.80. The van der Waals surface area contributed by atoms with Crippen LogP contribution in [0.1, 0.15) is 52.9 Å². The molecule has 7 nitrogen and oxygen atoms in total. The van der Waals surface area contributed by atoms with E-state index in [-0.39, 0.29) is 6.04 Å². The van der Waals surface area contributed by atoms with Crippen molar-refractivity contribution in [2.24, 2.45) is 0 Å². The summed E-state index contributed by atoms with van der Waals surface area (Å²) in [5.74, 6) is 3.67. The smallest absolute Gasteiger partial charge is 0.407 e. The topological polar surface area (TPSA) is 90.9 Å². The van der Waals surface area contributed by atoms with Crippen LogP contribution in [0.25, 0.3) is 0 Å². The Morgan fingerprint density at radius 2 is 2.11 bits per heavy atom. The van der Waals surface area contributed by atoms with Crippen molar-refractivity contribution in [2.45, 2.75) is 65.0 Å². The van der Waals surface area contributed by atoms with Crippen LogP contribution < -0.4 is 5.32 Å². The molecular formula is C21H29NO6. The average molecular weight is 391 g/mol. The van der Waals surface area contributed by atoms with Gasteiger partial charge in [-0.15, -0.1) is 0 Å². The zero-order valence-corrected chi connectivity index (χ0v) is 16.8. The predicted molar refractivity (Wildman–Crippen MR) is 104 cm³/mol. The number of rotatable bonds is 8.